The Morgan fingerprint density at radius 2 is 1.68 bits per heavy atom. The summed E-state index contributed by atoms with van der Waals surface area (Å²) in [6, 6.07) is -0.772. The Bertz CT molecular complexity index is 839. The molecule has 0 atom stereocenters. The fourth-order valence-electron chi connectivity index (χ4n) is 3.34. The van der Waals surface area contributed by atoms with Gasteiger partial charge in [-0.3, -0.25) is 23.7 Å². The molecule has 10 heteroatoms. The van der Waals surface area contributed by atoms with E-state index in [2.05, 4.69) is 5.32 Å². The fraction of sp³-hybridized carbons (Fsp3) is 0.556. The highest BCUT2D eigenvalue weighted by Gasteiger charge is 2.32. The van der Waals surface area contributed by atoms with E-state index < -0.39 is 58.7 Å². The topological polar surface area (TPSA) is 158 Å². The maximum atomic E-state index is 12.9. The Morgan fingerprint density at radius 3 is 2.21 bits per heavy atom. The molecule has 1 saturated carbocycles. The minimum atomic E-state index is -1.33. The van der Waals surface area contributed by atoms with Gasteiger partial charge in [0.25, 0.3) is 17.4 Å². The third kappa shape index (κ3) is 4.44. The molecule has 1 heterocycles. The quantitative estimate of drug-likeness (QED) is 0.475. The molecule has 28 heavy (non-hydrogen) atoms. The maximum Gasteiger partial charge on any atom is 0.322 e. The molecular formula is C18H25N3O7. The lowest BCUT2D eigenvalue weighted by Crippen LogP contribution is -2.39. The van der Waals surface area contributed by atoms with Crippen molar-refractivity contribution < 1.29 is 29.7 Å². The van der Waals surface area contributed by atoms with Gasteiger partial charge in [-0.05, 0) is 26.7 Å². The van der Waals surface area contributed by atoms with Crippen LogP contribution in [0.25, 0.3) is 0 Å². The average molecular weight is 395 g/mol. The van der Waals surface area contributed by atoms with Crippen LogP contribution in [0.15, 0.2) is 4.79 Å². The van der Waals surface area contributed by atoms with Gasteiger partial charge in [0, 0.05) is 12.1 Å². The summed E-state index contributed by atoms with van der Waals surface area (Å²) in [5.74, 6) is -5.06. The number of nitrogens with one attached hydrogen (secondary N) is 2. The highest BCUT2D eigenvalue weighted by molar-refractivity contribution is 6.05. The molecule has 1 aromatic rings. The summed E-state index contributed by atoms with van der Waals surface area (Å²) in [6.07, 6.45) is 3.73. The predicted octanol–water partition coefficient (Wildman–Crippen LogP) is 0.717. The molecule has 0 radical (unpaired) electrons. The van der Waals surface area contributed by atoms with Crippen LogP contribution in [0.4, 0.5) is 0 Å². The van der Waals surface area contributed by atoms with Crippen LogP contribution in [-0.2, 0) is 4.79 Å². The molecule has 0 spiro atoms. The van der Waals surface area contributed by atoms with Crippen LogP contribution in [0, 0.1) is 0 Å². The lowest BCUT2D eigenvalue weighted by molar-refractivity contribution is -0.135. The van der Waals surface area contributed by atoms with Crippen LogP contribution < -0.4 is 16.2 Å². The summed E-state index contributed by atoms with van der Waals surface area (Å²) in [4.78, 5) is 48.5. The maximum absolute atomic E-state index is 12.9. The van der Waals surface area contributed by atoms with Crippen molar-refractivity contribution in [2.75, 3.05) is 6.54 Å². The van der Waals surface area contributed by atoms with Gasteiger partial charge >= 0.3 is 5.97 Å². The van der Waals surface area contributed by atoms with E-state index in [1.165, 1.54) is 0 Å². The number of carbonyl (C=O) groups excluding carboxylic acids is 2. The lowest BCUT2D eigenvalue weighted by atomic mass is 9.94. The van der Waals surface area contributed by atoms with E-state index in [-0.39, 0.29) is 6.04 Å². The van der Waals surface area contributed by atoms with Crippen LogP contribution in [0.5, 0.6) is 11.6 Å². The second kappa shape index (κ2) is 8.77. The highest BCUT2D eigenvalue weighted by Crippen LogP contribution is 2.35. The summed E-state index contributed by atoms with van der Waals surface area (Å²) in [5, 5.41) is 34.3. The normalized spacial score (nSPS) is 14.7. The van der Waals surface area contributed by atoms with Crippen molar-refractivity contribution in [2.24, 2.45) is 0 Å². The molecule has 154 valence electrons. The number of rotatable bonds is 6. The monoisotopic (exact) mass is 395 g/mol. The Kier molecular flexibility index (Phi) is 6.66. The number of carboxylic acids is 1. The molecule has 0 bridgehead atoms. The fourth-order valence-corrected chi connectivity index (χ4v) is 3.34. The zero-order valence-corrected chi connectivity index (χ0v) is 15.8. The summed E-state index contributed by atoms with van der Waals surface area (Å²) in [5.41, 5.74) is -2.24. The first-order chi connectivity index (χ1) is 13.1. The van der Waals surface area contributed by atoms with Gasteiger partial charge in [0.05, 0.1) is 0 Å². The van der Waals surface area contributed by atoms with Crippen LogP contribution in [0.1, 0.15) is 72.7 Å². The average Bonchev–Trinajstić information content (AvgIpc) is 2.60. The molecule has 2 rings (SSSR count). The molecule has 0 saturated heterocycles. The Hall–Kier alpha value is -3.04. The predicted molar refractivity (Wildman–Crippen MR) is 98.7 cm³/mol. The summed E-state index contributed by atoms with van der Waals surface area (Å²) in [6.45, 7) is 2.57. The number of amides is 2. The second-order valence-electron chi connectivity index (χ2n) is 7.09. The van der Waals surface area contributed by atoms with Crippen molar-refractivity contribution in [3.8, 4) is 11.6 Å². The first-order valence-corrected chi connectivity index (χ1v) is 9.16. The van der Waals surface area contributed by atoms with Crippen LogP contribution in [-0.4, -0.2) is 50.3 Å². The van der Waals surface area contributed by atoms with Crippen molar-refractivity contribution in [1.82, 2.24) is 15.2 Å². The number of hydrogen-bond acceptors (Lipinski definition) is 6. The Balaban J connectivity index is 2.65. The number of pyridine rings is 1. The lowest BCUT2D eigenvalue weighted by Gasteiger charge is -2.26. The minimum absolute atomic E-state index is 0.340. The van der Waals surface area contributed by atoms with Gasteiger partial charge < -0.3 is 26.0 Å². The van der Waals surface area contributed by atoms with E-state index >= 15 is 0 Å². The molecule has 0 aromatic carbocycles. The molecule has 1 aromatic heterocycles. The van der Waals surface area contributed by atoms with E-state index in [1.54, 1.807) is 13.8 Å². The largest absolute Gasteiger partial charge is 0.506 e. The minimum Gasteiger partial charge on any atom is -0.506 e. The van der Waals surface area contributed by atoms with E-state index in [1.807, 2.05) is 5.32 Å². The molecule has 1 aliphatic rings. The van der Waals surface area contributed by atoms with Gasteiger partial charge in [-0.2, -0.15) is 0 Å². The molecule has 1 fully saturated rings. The van der Waals surface area contributed by atoms with Crippen LogP contribution >= 0.6 is 0 Å². The third-order valence-corrected chi connectivity index (χ3v) is 4.57. The zero-order valence-electron chi connectivity index (χ0n) is 15.8. The van der Waals surface area contributed by atoms with Crippen LogP contribution in [0.3, 0.4) is 0 Å². The van der Waals surface area contributed by atoms with E-state index in [9.17, 15) is 29.4 Å². The number of aromatic hydroxyl groups is 2. The Labute approximate surface area is 161 Å². The number of carboxylic acid groups (broad SMARTS) is 1. The molecule has 1 aliphatic carbocycles. The van der Waals surface area contributed by atoms with Gasteiger partial charge in [-0.25, -0.2) is 0 Å². The molecule has 0 unspecified atom stereocenters. The first kappa shape index (κ1) is 21.3. The number of aliphatic carboxylic acids is 1. The summed E-state index contributed by atoms with van der Waals surface area (Å²) >= 11 is 0. The van der Waals surface area contributed by atoms with Gasteiger partial charge in [-0.1, -0.05) is 19.3 Å². The molecular weight excluding hydrogens is 370 g/mol. The van der Waals surface area contributed by atoms with Gasteiger partial charge in [0.2, 0.25) is 5.88 Å². The first-order valence-electron chi connectivity index (χ1n) is 9.16. The van der Waals surface area contributed by atoms with Crippen molar-refractivity contribution in [2.45, 2.75) is 58.0 Å². The standard InChI is InChI=1S/C18H25N3O7/c1-9(2)20-16(26)13-14(24)12(15(25)19-8-11(22)23)17(27)21(18(13)28)10-6-4-3-5-7-10/h9-10,24,27H,3-8H2,1-2H3,(H,19,25)(H,20,26)(H,22,23). The molecule has 0 aliphatic heterocycles. The van der Waals surface area contributed by atoms with Crippen molar-refractivity contribution in [1.29, 1.82) is 0 Å². The van der Waals surface area contributed by atoms with E-state index in [0.29, 0.717) is 12.8 Å². The van der Waals surface area contributed by atoms with Gasteiger partial charge in [0.1, 0.15) is 17.7 Å². The smallest absolute Gasteiger partial charge is 0.322 e. The number of aromatic nitrogens is 1. The van der Waals surface area contributed by atoms with E-state index in [0.717, 1.165) is 23.8 Å². The van der Waals surface area contributed by atoms with Gasteiger partial charge in [-0.15, -0.1) is 0 Å². The van der Waals surface area contributed by atoms with Crippen LogP contribution in [0.2, 0.25) is 0 Å². The number of carbonyl (C=O) groups is 3. The zero-order chi connectivity index (χ0) is 21.0. The van der Waals surface area contributed by atoms with Crippen molar-refractivity contribution >= 4 is 17.8 Å². The Morgan fingerprint density at radius 1 is 1.07 bits per heavy atom. The van der Waals surface area contributed by atoms with Crippen molar-refractivity contribution in [3.05, 3.63) is 21.5 Å². The molecule has 10 nitrogen and oxygen atoms in total. The molecule has 5 N–H and O–H groups in total. The number of hydrogen-bond donors (Lipinski definition) is 5. The van der Waals surface area contributed by atoms with Crippen molar-refractivity contribution in [3.63, 3.8) is 0 Å². The third-order valence-electron chi connectivity index (χ3n) is 4.57. The van der Waals surface area contributed by atoms with Gasteiger partial charge in [0.15, 0.2) is 5.75 Å². The summed E-state index contributed by atoms with van der Waals surface area (Å²) in [7, 11) is 0. The molecule has 2 amide bonds. The van der Waals surface area contributed by atoms with E-state index in [4.69, 9.17) is 5.11 Å². The summed E-state index contributed by atoms with van der Waals surface area (Å²) < 4.78 is 0.962. The SMILES string of the molecule is CC(C)NC(=O)c1c(O)c(C(=O)NCC(=O)O)c(O)n(C2CCCCC2)c1=O. The number of nitrogens with zero attached hydrogens (tertiary/aromatic N) is 1. The second-order valence-corrected chi connectivity index (χ2v) is 7.09. The highest BCUT2D eigenvalue weighted by atomic mass is 16.4.